The van der Waals surface area contributed by atoms with Crippen molar-refractivity contribution in [2.24, 2.45) is 0 Å². The zero-order valence-electron chi connectivity index (χ0n) is 28.9. The van der Waals surface area contributed by atoms with Crippen LogP contribution >= 0.6 is 0 Å². The van der Waals surface area contributed by atoms with E-state index in [1.165, 1.54) is 0 Å². The van der Waals surface area contributed by atoms with Crippen LogP contribution in [0.5, 0.6) is 17.2 Å². The molecule has 14 heteroatoms. The van der Waals surface area contributed by atoms with Crippen LogP contribution in [0.25, 0.3) is 0 Å². The van der Waals surface area contributed by atoms with Gasteiger partial charge in [0.25, 0.3) is 16.6 Å². The number of halogens is 5. The first kappa shape index (κ1) is 39.0. The Kier molecular flexibility index (Phi) is 11.5. The summed E-state index contributed by atoms with van der Waals surface area (Å²) in [6.45, 7) is 25.4. The van der Waals surface area contributed by atoms with Crippen molar-refractivity contribution < 1.29 is 49.9 Å². The second kappa shape index (κ2) is 13.5. The fraction of sp³-hybridized carbons (Fsp3) is 0.562. The van der Waals surface area contributed by atoms with Gasteiger partial charge in [0.1, 0.15) is 23.1 Å². The number of carbonyl (C=O) groups excluding carboxylic acids is 2. The van der Waals surface area contributed by atoms with Gasteiger partial charge in [0.05, 0.1) is 0 Å². The van der Waals surface area contributed by atoms with Crippen molar-refractivity contribution in [2.75, 3.05) is 0 Å². The molecule has 0 aliphatic rings. The molecule has 0 saturated carbocycles. The van der Waals surface area contributed by atoms with E-state index in [0.717, 1.165) is 0 Å². The van der Waals surface area contributed by atoms with Crippen LogP contribution in [0, 0.1) is 29.1 Å². The van der Waals surface area contributed by atoms with E-state index < -0.39 is 75.2 Å². The minimum absolute atomic E-state index is 0.143. The molecule has 0 heterocycles. The minimum atomic E-state index is -2.45. The zero-order valence-corrected chi connectivity index (χ0v) is 30.9. The summed E-state index contributed by atoms with van der Waals surface area (Å²) in [7, 11) is -4.80. The molecule has 0 unspecified atom stereocenters. The molecule has 1 N–H and O–H groups in total. The molecule has 0 aliphatic heterocycles. The predicted octanol–water partition coefficient (Wildman–Crippen LogP) is 9.19. The maximum absolute atomic E-state index is 14.4. The topological polar surface area (TPSA) is 83.1 Å². The van der Waals surface area contributed by atoms with Crippen molar-refractivity contribution in [1.29, 1.82) is 0 Å². The summed E-state index contributed by atoms with van der Waals surface area (Å²) in [4.78, 5) is 25.9. The van der Waals surface area contributed by atoms with Crippen LogP contribution in [-0.4, -0.2) is 40.3 Å². The molecule has 7 nitrogen and oxygen atoms in total. The Morgan fingerprint density at radius 1 is 0.717 bits per heavy atom. The van der Waals surface area contributed by atoms with Crippen LogP contribution in [0.4, 0.5) is 26.7 Å². The summed E-state index contributed by atoms with van der Waals surface area (Å²) in [6.07, 6.45) is -1.41. The summed E-state index contributed by atoms with van der Waals surface area (Å²) in [5.74, 6) is -14.1. The monoisotopic (exact) mass is 691 g/mol. The van der Waals surface area contributed by atoms with E-state index in [4.69, 9.17) is 18.3 Å². The second-order valence-electron chi connectivity index (χ2n) is 15.2. The summed E-state index contributed by atoms with van der Waals surface area (Å²) >= 11 is 0. The van der Waals surface area contributed by atoms with E-state index in [1.807, 2.05) is 13.1 Å². The molecule has 0 aromatic heterocycles. The van der Waals surface area contributed by atoms with E-state index >= 15 is 0 Å². The van der Waals surface area contributed by atoms with Gasteiger partial charge in [-0.05, 0) is 74.7 Å². The molecule has 0 fully saturated rings. The van der Waals surface area contributed by atoms with Gasteiger partial charge in [0.15, 0.2) is 0 Å². The van der Waals surface area contributed by atoms with Crippen molar-refractivity contribution >= 4 is 28.7 Å². The molecule has 0 aliphatic carbocycles. The number of hydrogen-bond donors (Lipinski definition) is 1. The average molecular weight is 692 g/mol. The summed E-state index contributed by atoms with van der Waals surface area (Å²) in [5.41, 5.74) is -0.584. The number of esters is 1. The molecule has 46 heavy (non-hydrogen) atoms. The third-order valence-electron chi connectivity index (χ3n) is 8.14. The molecular formula is C32H46F5NO6Si2. The van der Waals surface area contributed by atoms with Crippen molar-refractivity contribution in [3.8, 4) is 17.2 Å². The largest absolute Gasteiger partial charge is 0.541 e. The van der Waals surface area contributed by atoms with E-state index in [-0.39, 0.29) is 16.5 Å². The number of rotatable bonds is 9. The summed E-state index contributed by atoms with van der Waals surface area (Å²) in [5, 5.41) is 1.95. The number of carbonyl (C=O) groups is 2. The fourth-order valence-electron chi connectivity index (χ4n) is 3.42. The number of ether oxygens (including phenoxy) is 2. The molecule has 0 radical (unpaired) electrons. The van der Waals surface area contributed by atoms with Gasteiger partial charge in [-0.2, -0.15) is 8.78 Å². The highest BCUT2D eigenvalue weighted by molar-refractivity contribution is 6.75. The molecule has 0 spiro atoms. The highest BCUT2D eigenvalue weighted by Gasteiger charge is 2.42. The van der Waals surface area contributed by atoms with Gasteiger partial charge in [-0.25, -0.2) is 22.8 Å². The number of hydrogen-bond acceptors (Lipinski definition) is 6. The maximum Gasteiger partial charge on any atom is 0.408 e. The summed E-state index contributed by atoms with van der Waals surface area (Å²) in [6, 6.07) is 3.25. The first-order valence-corrected chi connectivity index (χ1v) is 20.6. The Bertz CT molecular complexity index is 1430. The summed E-state index contributed by atoms with van der Waals surface area (Å²) < 4.78 is 93.1. The third-order valence-corrected chi connectivity index (χ3v) is 16.8. The van der Waals surface area contributed by atoms with Gasteiger partial charge < -0.3 is 23.6 Å². The molecule has 2 rings (SSSR count). The van der Waals surface area contributed by atoms with Gasteiger partial charge >= 0.3 is 12.1 Å². The van der Waals surface area contributed by atoms with E-state index in [1.54, 1.807) is 39.0 Å². The Morgan fingerprint density at radius 3 is 1.59 bits per heavy atom. The zero-order chi connectivity index (χ0) is 35.8. The first-order valence-electron chi connectivity index (χ1n) is 14.8. The number of nitrogens with one attached hydrogen (secondary N) is 1. The molecular weight excluding hydrogens is 646 g/mol. The van der Waals surface area contributed by atoms with Gasteiger partial charge in [-0.3, -0.25) is 0 Å². The van der Waals surface area contributed by atoms with Gasteiger partial charge in [0.2, 0.25) is 34.8 Å². The van der Waals surface area contributed by atoms with Crippen LogP contribution in [0.15, 0.2) is 18.2 Å². The molecule has 2 aromatic rings. The lowest BCUT2D eigenvalue weighted by Crippen LogP contribution is -2.47. The molecule has 258 valence electrons. The molecule has 2 aromatic carbocycles. The minimum Gasteiger partial charge on any atom is -0.541 e. The SMILES string of the molecule is CC(C)(C)OC(=O)N[C@@H](Cc1ccc(O[Si](C)(C)C(C)(C)C)c(O[Si](C)(C)C(C)(C)C)c1)C(=O)Oc1c(F)c(F)c(F)c(F)c1F. The highest BCUT2D eigenvalue weighted by Crippen LogP contribution is 2.44. The number of amides is 1. The second-order valence-corrected chi connectivity index (χ2v) is 24.7. The van der Waals surface area contributed by atoms with E-state index in [0.29, 0.717) is 17.1 Å². The lowest BCUT2D eigenvalue weighted by molar-refractivity contribution is -0.137. The Morgan fingerprint density at radius 2 is 1.15 bits per heavy atom. The van der Waals surface area contributed by atoms with Crippen molar-refractivity contribution in [1.82, 2.24) is 5.32 Å². The quantitative estimate of drug-likeness (QED) is 0.0705. The van der Waals surface area contributed by atoms with Crippen LogP contribution in [0.3, 0.4) is 0 Å². The van der Waals surface area contributed by atoms with Gasteiger partial charge in [-0.15, -0.1) is 0 Å². The van der Waals surface area contributed by atoms with Crippen molar-refractivity contribution in [2.45, 2.75) is 117 Å². The standard InChI is InChI=1S/C32H46F5NO6Si2/c1-30(2,3)42-29(40)38-19(28(39)41-27-25(36)23(34)22(33)24(35)26(27)37)16-18-14-15-20(43-45(10,11)31(4,5)6)21(17-18)44-46(12,13)32(7,8)9/h14-15,17,19H,16H2,1-13H3,(H,38,40)/t19-/m0/s1. The molecule has 0 saturated heterocycles. The van der Waals surface area contributed by atoms with Crippen molar-refractivity contribution in [3.63, 3.8) is 0 Å². The first-order chi connectivity index (χ1) is 20.6. The number of benzene rings is 2. The fourth-order valence-corrected chi connectivity index (χ4v) is 5.46. The molecule has 1 amide bonds. The van der Waals surface area contributed by atoms with E-state index in [9.17, 15) is 31.5 Å². The number of alkyl carbamates (subject to hydrolysis) is 1. The van der Waals surface area contributed by atoms with Gasteiger partial charge in [-0.1, -0.05) is 47.6 Å². The van der Waals surface area contributed by atoms with Crippen LogP contribution in [0.2, 0.25) is 36.3 Å². The predicted molar refractivity (Wildman–Crippen MR) is 171 cm³/mol. The smallest absolute Gasteiger partial charge is 0.408 e. The van der Waals surface area contributed by atoms with Crippen LogP contribution in [0.1, 0.15) is 67.9 Å². The Hall–Kier alpha value is -3.14. The molecule has 1 atom stereocenters. The Balaban J connectivity index is 2.62. The average Bonchev–Trinajstić information content (AvgIpc) is 2.87. The lowest BCUT2D eigenvalue weighted by atomic mass is 10.1. The highest BCUT2D eigenvalue weighted by atomic mass is 28.4. The third kappa shape index (κ3) is 9.46. The Labute approximate surface area is 270 Å². The van der Waals surface area contributed by atoms with Crippen LogP contribution < -0.4 is 18.9 Å². The van der Waals surface area contributed by atoms with Gasteiger partial charge in [0, 0.05) is 6.42 Å². The van der Waals surface area contributed by atoms with Crippen molar-refractivity contribution in [3.05, 3.63) is 52.8 Å². The maximum atomic E-state index is 14.4. The van der Waals surface area contributed by atoms with Crippen LogP contribution in [-0.2, 0) is 16.0 Å². The molecule has 0 bridgehead atoms. The van der Waals surface area contributed by atoms with E-state index in [2.05, 4.69) is 60.0 Å². The lowest BCUT2D eigenvalue weighted by Gasteiger charge is -2.39. The normalized spacial score (nSPS) is 13.6.